The summed E-state index contributed by atoms with van der Waals surface area (Å²) in [6.45, 7) is 7.19. The molecule has 0 spiro atoms. The highest BCUT2D eigenvalue weighted by Gasteiger charge is 2.25. The molecule has 7 heteroatoms. The predicted molar refractivity (Wildman–Crippen MR) is 106 cm³/mol. The van der Waals surface area contributed by atoms with Crippen LogP contribution in [0, 0.1) is 0 Å². The first kappa shape index (κ1) is 18.7. The van der Waals surface area contributed by atoms with E-state index in [4.69, 9.17) is 9.15 Å². The van der Waals surface area contributed by atoms with Gasteiger partial charge in [-0.1, -0.05) is 12.1 Å². The Morgan fingerprint density at radius 3 is 2.82 bits per heavy atom. The molecule has 1 aliphatic heterocycles. The minimum Gasteiger partial charge on any atom is -0.467 e. The Hall–Kier alpha value is -2.64. The van der Waals surface area contributed by atoms with E-state index in [0.29, 0.717) is 13.1 Å². The number of hydrogen-bond acceptors (Lipinski definition) is 5. The maximum Gasteiger partial charge on any atom is 0.245 e. The second kappa shape index (κ2) is 8.58. The van der Waals surface area contributed by atoms with Crippen LogP contribution in [0.1, 0.15) is 18.7 Å². The number of aromatic nitrogens is 2. The van der Waals surface area contributed by atoms with Gasteiger partial charge in [-0.15, -0.1) is 0 Å². The van der Waals surface area contributed by atoms with Gasteiger partial charge in [0, 0.05) is 26.2 Å². The van der Waals surface area contributed by atoms with Crippen molar-refractivity contribution in [3.63, 3.8) is 0 Å². The van der Waals surface area contributed by atoms with Crippen LogP contribution in [0.25, 0.3) is 11.0 Å². The summed E-state index contributed by atoms with van der Waals surface area (Å²) in [5, 5.41) is 0. The van der Waals surface area contributed by atoms with Crippen LogP contribution in [0.15, 0.2) is 53.4 Å². The molecule has 1 atom stereocenters. The first-order valence-electron chi connectivity index (χ1n) is 9.75. The Balaban J connectivity index is 1.51. The highest BCUT2D eigenvalue weighted by atomic mass is 16.5. The number of amides is 1. The van der Waals surface area contributed by atoms with Gasteiger partial charge in [-0.25, -0.2) is 4.98 Å². The lowest BCUT2D eigenvalue weighted by atomic mass is 10.2. The molecular formula is C21H26N4O3. The van der Waals surface area contributed by atoms with E-state index >= 15 is 0 Å². The second-order valence-corrected chi connectivity index (χ2v) is 7.11. The lowest BCUT2D eigenvalue weighted by Crippen LogP contribution is -2.44. The maximum absolute atomic E-state index is 13.4. The fraction of sp³-hybridized carbons (Fsp3) is 0.429. The van der Waals surface area contributed by atoms with Gasteiger partial charge in [0.25, 0.3) is 0 Å². The molecule has 0 aliphatic carbocycles. The third-order valence-electron chi connectivity index (χ3n) is 5.28. The normalized spacial score (nSPS) is 16.3. The molecule has 28 heavy (non-hydrogen) atoms. The first-order chi connectivity index (χ1) is 13.7. The van der Waals surface area contributed by atoms with E-state index in [0.717, 1.165) is 49.6 Å². The quantitative estimate of drug-likeness (QED) is 0.628. The summed E-state index contributed by atoms with van der Waals surface area (Å²) in [5.41, 5.74) is 1.86. The van der Waals surface area contributed by atoms with Crippen molar-refractivity contribution in [1.29, 1.82) is 0 Å². The molecule has 1 unspecified atom stereocenters. The maximum atomic E-state index is 13.4. The van der Waals surface area contributed by atoms with Gasteiger partial charge in [0.2, 0.25) is 5.91 Å². The lowest BCUT2D eigenvalue weighted by Gasteiger charge is -2.31. The Kier molecular flexibility index (Phi) is 5.73. The van der Waals surface area contributed by atoms with Crippen molar-refractivity contribution >= 4 is 16.9 Å². The molecular weight excluding hydrogens is 356 g/mol. The van der Waals surface area contributed by atoms with E-state index in [-0.39, 0.29) is 11.9 Å². The number of carbonyl (C=O) groups is 1. The van der Waals surface area contributed by atoms with E-state index in [2.05, 4.69) is 9.88 Å². The molecule has 4 rings (SSSR count). The van der Waals surface area contributed by atoms with Gasteiger partial charge < -0.3 is 18.6 Å². The summed E-state index contributed by atoms with van der Waals surface area (Å²) in [6.07, 6.45) is 3.40. The summed E-state index contributed by atoms with van der Waals surface area (Å²) in [5.74, 6) is 0.853. The van der Waals surface area contributed by atoms with Gasteiger partial charge in [-0.3, -0.25) is 9.69 Å². The highest BCUT2D eigenvalue weighted by molar-refractivity contribution is 5.83. The number of furan rings is 1. The zero-order chi connectivity index (χ0) is 19.3. The van der Waals surface area contributed by atoms with Crippen LogP contribution in [-0.4, -0.2) is 64.7 Å². The Morgan fingerprint density at radius 2 is 2.04 bits per heavy atom. The van der Waals surface area contributed by atoms with E-state index in [1.807, 2.05) is 52.8 Å². The standard InChI is InChI=1S/C21H26N4O3/c1-17(25-16-22-19-6-2-3-7-20(19)25)21(26)24(15-18-5-4-12-28-18)9-8-23-10-13-27-14-11-23/h2-7,12,16-17H,8-11,13-15H2,1H3. The number of rotatable bonds is 7. The van der Waals surface area contributed by atoms with Crippen molar-refractivity contribution < 1.29 is 13.9 Å². The molecule has 7 nitrogen and oxygen atoms in total. The van der Waals surface area contributed by atoms with Crippen molar-refractivity contribution in [2.24, 2.45) is 0 Å². The summed E-state index contributed by atoms with van der Waals surface area (Å²) in [7, 11) is 0. The van der Waals surface area contributed by atoms with Crippen molar-refractivity contribution in [2.45, 2.75) is 19.5 Å². The largest absolute Gasteiger partial charge is 0.467 e. The van der Waals surface area contributed by atoms with E-state index in [1.165, 1.54) is 0 Å². The molecule has 0 saturated carbocycles. The first-order valence-corrected chi connectivity index (χ1v) is 9.75. The summed E-state index contributed by atoms with van der Waals surface area (Å²) >= 11 is 0. The minimum absolute atomic E-state index is 0.0628. The van der Waals surface area contributed by atoms with Crippen LogP contribution in [0.5, 0.6) is 0 Å². The third kappa shape index (κ3) is 4.10. The number of para-hydroxylation sites is 2. The lowest BCUT2D eigenvalue weighted by molar-refractivity contribution is -0.135. The number of imidazole rings is 1. The monoisotopic (exact) mass is 382 g/mol. The topological polar surface area (TPSA) is 63.7 Å². The zero-order valence-electron chi connectivity index (χ0n) is 16.2. The molecule has 1 saturated heterocycles. The molecule has 0 N–H and O–H groups in total. The fourth-order valence-corrected chi connectivity index (χ4v) is 3.61. The highest BCUT2D eigenvalue weighted by Crippen LogP contribution is 2.20. The number of hydrogen-bond donors (Lipinski definition) is 0. The molecule has 0 radical (unpaired) electrons. The molecule has 1 aromatic carbocycles. The van der Waals surface area contributed by atoms with Crippen LogP contribution in [0.2, 0.25) is 0 Å². The molecule has 3 heterocycles. The number of fused-ring (bicyclic) bond motifs is 1. The average molecular weight is 382 g/mol. The van der Waals surface area contributed by atoms with E-state index < -0.39 is 0 Å². The van der Waals surface area contributed by atoms with Crippen LogP contribution in [0.3, 0.4) is 0 Å². The van der Waals surface area contributed by atoms with Gasteiger partial charge in [0.1, 0.15) is 11.8 Å². The minimum atomic E-state index is -0.341. The Morgan fingerprint density at radius 1 is 1.21 bits per heavy atom. The van der Waals surface area contributed by atoms with Crippen molar-refractivity contribution in [1.82, 2.24) is 19.4 Å². The van der Waals surface area contributed by atoms with Crippen molar-refractivity contribution in [2.75, 3.05) is 39.4 Å². The number of benzene rings is 1. The van der Waals surface area contributed by atoms with Gasteiger partial charge in [0.15, 0.2) is 0 Å². The zero-order valence-corrected chi connectivity index (χ0v) is 16.2. The number of morpholine rings is 1. The number of nitrogens with zero attached hydrogens (tertiary/aromatic N) is 4. The number of carbonyl (C=O) groups excluding carboxylic acids is 1. The molecule has 0 bridgehead atoms. The van der Waals surface area contributed by atoms with Gasteiger partial charge in [-0.05, 0) is 31.2 Å². The molecule has 1 amide bonds. The summed E-state index contributed by atoms with van der Waals surface area (Å²) < 4.78 is 12.9. The molecule has 148 valence electrons. The predicted octanol–water partition coefficient (Wildman–Crippen LogP) is 2.55. The summed E-state index contributed by atoms with van der Waals surface area (Å²) in [4.78, 5) is 22.0. The SMILES string of the molecule is CC(C(=O)N(CCN1CCOCC1)Cc1ccco1)n1cnc2ccccc21. The smallest absolute Gasteiger partial charge is 0.245 e. The average Bonchev–Trinajstić information content (AvgIpc) is 3.40. The molecule has 3 aromatic rings. The molecule has 2 aromatic heterocycles. The second-order valence-electron chi connectivity index (χ2n) is 7.11. The number of ether oxygens (including phenoxy) is 1. The van der Waals surface area contributed by atoms with Crippen LogP contribution >= 0.6 is 0 Å². The molecule has 1 fully saturated rings. The summed E-state index contributed by atoms with van der Waals surface area (Å²) in [6, 6.07) is 11.3. The van der Waals surface area contributed by atoms with Gasteiger partial charge in [0.05, 0.1) is 43.4 Å². The van der Waals surface area contributed by atoms with E-state index in [1.54, 1.807) is 12.6 Å². The third-order valence-corrected chi connectivity index (χ3v) is 5.28. The van der Waals surface area contributed by atoms with Gasteiger partial charge >= 0.3 is 0 Å². The van der Waals surface area contributed by atoms with Crippen LogP contribution < -0.4 is 0 Å². The Labute approximate surface area is 164 Å². The molecule has 1 aliphatic rings. The van der Waals surface area contributed by atoms with Crippen molar-refractivity contribution in [3.05, 3.63) is 54.7 Å². The van der Waals surface area contributed by atoms with Crippen LogP contribution in [-0.2, 0) is 16.1 Å². The van der Waals surface area contributed by atoms with E-state index in [9.17, 15) is 4.79 Å². The van der Waals surface area contributed by atoms with Crippen LogP contribution in [0.4, 0.5) is 0 Å². The fourth-order valence-electron chi connectivity index (χ4n) is 3.61. The Bertz CT molecular complexity index is 899. The van der Waals surface area contributed by atoms with Gasteiger partial charge in [-0.2, -0.15) is 0 Å². The van der Waals surface area contributed by atoms with Crippen molar-refractivity contribution in [3.8, 4) is 0 Å².